The van der Waals surface area contributed by atoms with E-state index in [9.17, 15) is 4.79 Å². The lowest BCUT2D eigenvalue weighted by Crippen LogP contribution is -2.32. The molecule has 2 aromatic rings. The van der Waals surface area contributed by atoms with E-state index < -0.39 is 0 Å². The summed E-state index contributed by atoms with van der Waals surface area (Å²) in [5.41, 5.74) is 1.30. The summed E-state index contributed by atoms with van der Waals surface area (Å²) in [5.74, 6) is 0.607. The second kappa shape index (κ2) is 8.14. The van der Waals surface area contributed by atoms with Gasteiger partial charge in [0.2, 0.25) is 0 Å². The Labute approximate surface area is 129 Å². The Morgan fingerprint density at radius 1 is 1.36 bits per heavy atom. The van der Waals surface area contributed by atoms with Crippen LogP contribution in [0.2, 0.25) is 0 Å². The second-order valence-electron chi connectivity index (χ2n) is 4.78. The maximum Gasteiger partial charge on any atom is 0.276 e. The van der Waals surface area contributed by atoms with Crippen LogP contribution in [0, 0.1) is 0 Å². The van der Waals surface area contributed by atoms with Crippen LogP contribution in [-0.2, 0) is 11.3 Å². The van der Waals surface area contributed by atoms with E-state index in [1.807, 2.05) is 24.3 Å². The molecule has 1 heterocycles. The number of aromatic nitrogens is 3. The zero-order valence-corrected chi connectivity index (χ0v) is 12.8. The molecule has 22 heavy (non-hydrogen) atoms. The molecule has 0 radical (unpaired) electrons. The molecule has 7 heteroatoms. The Kier molecular flexibility index (Phi) is 5.91. The van der Waals surface area contributed by atoms with E-state index in [1.165, 1.54) is 6.20 Å². The van der Waals surface area contributed by atoms with Gasteiger partial charge in [-0.1, -0.05) is 12.1 Å². The van der Waals surface area contributed by atoms with Crippen LogP contribution in [0.15, 0.2) is 30.5 Å². The summed E-state index contributed by atoms with van der Waals surface area (Å²) in [5, 5.41) is 10.0. The smallest absolute Gasteiger partial charge is 0.276 e. The average molecular weight is 304 g/mol. The zero-order chi connectivity index (χ0) is 15.8. The van der Waals surface area contributed by atoms with Gasteiger partial charge in [0.25, 0.3) is 5.91 Å². The predicted molar refractivity (Wildman–Crippen MR) is 80.6 cm³/mol. The maximum atomic E-state index is 12.5. The van der Waals surface area contributed by atoms with Crippen LogP contribution in [-0.4, -0.2) is 53.6 Å². The highest BCUT2D eigenvalue weighted by Crippen LogP contribution is 2.15. The number of ether oxygens (including phenoxy) is 2. The number of methoxy groups -OCH3 is 2. The van der Waals surface area contributed by atoms with Gasteiger partial charge in [-0.25, -0.2) is 0 Å². The Morgan fingerprint density at radius 2 is 2.23 bits per heavy atom. The predicted octanol–water partition coefficient (Wildman–Crippen LogP) is 1.49. The van der Waals surface area contributed by atoms with Gasteiger partial charge in [0.1, 0.15) is 5.75 Å². The molecule has 1 amide bonds. The molecule has 0 saturated heterocycles. The fourth-order valence-corrected chi connectivity index (χ4v) is 2.11. The number of hydrogen-bond acceptors (Lipinski definition) is 5. The van der Waals surface area contributed by atoms with Crippen molar-refractivity contribution in [3.8, 4) is 5.75 Å². The van der Waals surface area contributed by atoms with Gasteiger partial charge in [0.15, 0.2) is 5.69 Å². The third-order valence-electron chi connectivity index (χ3n) is 3.21. The van der Waals surface area contributed by atoms with Gasteiger partial charge in [-0.2, -0.15) is 15.4 Å². The lowest BCUT2D eigenvalue weighted by atomic mass is 10.2. The normalized spacial score (nSPS) is 10.5. The van der Waals surface area contributed by atoms with Crippen LogP contribution in [0.5, 0.6) is 5.75 Å². The largest absolute Gasteiger partial charge is 0.497 e. The summed E-state index contributed by atoms with van der Waals surface area (Å²) in [6, 6.07) is 7.65. The first kappa shape index (κ1) is 16.0. The van der Waals surface area contributed by atoms with Gasteiger partial charge in [0, 0.05) is 26.8 Å². The quantitative estimate of drug-likeness (QED) is 0.747. The summed E-state index contributed by atoms with van der Waals surface area (Å²) in [4.78, 5) is 14.2. The van der Waals surface area contributed by atoms with Crippen molar-refractivity contribution in [2.75, 3.05) is 27.4 Å². The minimum Gasteiger partial charge on any atom is -0.497 e. The number of rotatable bonds is 8. The molecule has 1 aromatic carbocycles. The summed E-state index contributed by atoms with van der Waals surface area (Å²) < 4.78 is 10.3. The molecule has 1 aromatic heterocycles. The first-order chi connectivity index (χ1) is 10.7. The van der Waals surface area contributed by atoms with Crippen LogP contribution in [0.4, 0.5) is 0 Å². The number of carbonyl (C=O) groups is 1. The molecule has 0 fully saturated rings. The fraction of sp³-hybridized carbons (Fsp3) is 0.400. The Hall–Kier alpha value is -2.41. The maximum absolute atomic E-state index is 12.5. The standard InChI is InChI=1S/C15H20N4O3/c1-21-8-4-7-19(15(20)14-10-16-18-17-14)11-12-5-3-6-13(9-12)22-2/h3,5-6,9-10H,4,7-8,11H2,1-2H3,(H,16,17,18). The first-order valence-electron chi connectivity index (χ1n) is 7.01. The van der Waals surface area contributed by atoms with Gasteiger partial charge in [-0.15, -0.1) is 0 Å². The van der Waals surface area contributed by atoms with Crippen molar-refractivity contribution >= 4 is 5.91 Å². The molecule has 118 valence electrons. The number of carbonyl (C=O) groups excluding carboxylic acids is 1. The fourth-order valence-electron chi connectivity index (χ4n) is 2.11. The number of amides is 1. The van der Waals surface area contributed by atoms with Gasteiger partial charge >= 0.3 is 0 Å². The summed E-state index contributed by atoms with van der Waals surface area (Å²) >= 11 is 0. The highest BCUT2D eigenvalue weighted by molar-refractivity contribution is 5.91. The summed E-state index contributed by atoms with van der Waals surface area (Å²) in [7, 11) is 3.27. The first-order valence-corrected chi connectivity index (χ1v) is 7.01. The van der Waals surface area contributed by atoms with Crippen LogP contribution < -0.4 is 4.74 Å². The van der Waals surface area contributed by atoms with Crippen molar-refractivity contribution in [3.05, 3.63) is 41.7 Å². The molecule has 0 atom stereocenters. The zero-order valence-electron chi connectivity index (χ0n) is 12.8. The van der Waals surface area contributed by atoms with E-state index in [0.717, 1.165) is 17.7 Å². The lowest BCUT2D eigenvalue weighted by molar-refractivity contribution is 0.0717. The second-order valence-corrected chi connectivity index (χ2v) is 4.78. The molecule has 0 aliphatic heterocycles. The van der Waals surface area contributed by atoms with Crippen LogP contribution in [0.25, 0.3) is 0 Å². The van der Waals surface area contributed by atoms with E-state index >= 15 is 0 Å². The van der Waals surface area contributed by atoms with Gasteiger partial charge in [0.05, 0.1) is 13.3 Å². The number of hydrogen-bond donors (Lipinski definition) is 1. The Bertz CT molecular complexity index is 586. The number of H-pyrrole nitrogens is 1. The molecule has 0 aliphatic rings. The van der Waals surface area contributed by atoms with Crippen molar-refractivity contribution in [2.45, 2.75) is 13.0 Å². The van der Waals surface area contributed by atoms with Crippen molar-refractivity contribution in [2.24, 2.45) is 0 Å². The minimum absolute atomic E-state index is 0.160. The molecular formula is C15H20N4O3. The van der Waals surface area contributed by atoms with E-state index in [4.69, 9.17) is 9.47 Å². The van der Waals surface area contributed by atoms with Crippen LogP contribution >= 0.6 is 0 Å². The lowest BCUT2D eigenvalue weighted by Gasteiger charge is -2.22. The summed E-state index contributed by atoms with van der Waals surface area (Å²) in [6.07, 6.45) is 2.18. The van der Waals surface area contributed by atoms with Crippen molar-refractivity contribution in [1.29, 1.82) is 0 Å². The summed E-state index contributed by atoms with van der Waals surface area (Å²) in [6.45, 7) is 1.66. The molecule has 0 saturated carbocycles. The average Bonchev–Trinajstić information content (AvgIpc) is 3.08. The Morgan fingerprint density at radius 3 is 2.91 bits per heavy atom. The number of aromatic amines is 1. The van der Waals surface area contributed by atoms with Crippen LogP contribution in [0.1, 0.15) is 22.5 Å². The SMILES string of the molecule is COCCCN(Cc1cccc(OC)c1)C(=O)c1cn[nH]n1. The molecule has 0 aliphatic carbocycles. The molecule has 0 unspecified atom stereocenters. The third-order valence-corrected chi connectivity index (χ3v) is 3.21. The molecule has 7 nitrogen and oxygen atoms in total. The highest BCUT2D eigenvalue weighted by atomic mass is 16.5. The molecule has 2 rings (SSSR count). The van der Waals surface area contributed by atoms with E-state index in [1.54, 1.807) is 19.1 Å². The third kappa shape index (κ3) is 4.29. The monoisotopic (exact) mass is 304 g/mol. The van der Waals surface area contributed by atoms with E-state index in [-0.39, 0.29) is 5.91 Å². The van der Waals surface area contributed by atoms with Gasteiger partial charge in [-0.3, -0.25) is 4.79 Å². The molecule has 0 bridgehead atoms. The van der Waals surface area contributed by atoms with Crippen molar-refractivity contribution < 1.29 is 14.3 Å². The molecular weight excluding hydrogens is 284 g/mol. The van der Waals surface area contributed by atoms with Gasteiger partial charge in [-0.05, 0) is 24.1 Å². The van der Waals surface area contributed by atoms with Crippen molar-refractivity contribution in [3.63, 3.8) is 0 Å². The number of nitrogens with zero attached hydrogens (tertiary/aromatic N) is 3. The van der Waals surface area contributed by atoms with Gasteiger partial charge < -0.3 is 14.4 Å². The van der Waals surface area contributed by atoms with Crippen LogP contribution in [0.3, 0.4) is 0 Å². The molecule has 1 N–H and O–H groups in total. The number of nitrogens with one attached hydrogen (secondary N) is 1. The number of benzene rings is 1. The minimum atomic E-state index is -0.160. The molecule has 0 spiro atoms. The van der Waals surface area contributed by atoms with E-state index in [2.05, 4.69) is 15.4 Å². The Balaban J connectivity index is 2.11. The highest BCUT2D eigenvalue weighted by Gasteiger charge is 2.18. The topological polar surface area (TPSA) is 80.3 Å². The van der Waals surface area contributed by atoms with E-state index in [0.29, 0.717) is 25.4 Å². The van der Waals surface area contributed by atoms with Crippen molar-refractivity contribution in [1.82, 2.24) is 20.3 Å².